The summed E-state index contributed by atoms with van der Waals surface area (Å²) >= 11 is 11.7. The average Bonchev–Trinajstić information content (AvgIpc) is 2.95. The zero-order valence-electron chi connectivity index (χ0n) is 16.1. The number of hydrogen-bond donors (Lipinski definition) is 3. The number of aryl methyl sites for hydroxylation is 1. The van der Waals surface area contributed by atoms with E-state index in [1.165, 1.54) is 25.1 Å². The first kappa shape index (κ1) is 27.0. The molecule has 0 bridgehead atoms. The molecule has 1 aromatic heterocycles. The molecule has 1 heterocycles. The molecule has 0 atom stereocenters. The van der Waals surface area contributed by atoms with Gasteiger partial charge in [-0.05, 0) is 37.3 Å². The van der Waals surface area contributed by atoms with Gasteiger partial charge in [0.15, 0.2) is 11.5 Å². The third-order valence-corrected chi connectivity index (χ3v) is 6.42. The first-order chi connectivity index (χ1) is 14.3. The number of nitrogens with two attached hydrogens (primary N) is 1. The van der Waals surface area contributed by atoms with Gasteiger partial charge in [0.2, 0.25) is 0 Å². The molecule has 0 saturated heterocycles. The Morgan fingerprint density at radius 1 is 1.00 bits per heavy atom. The summed E-state index contributed by atoms with van der Waals surface area (Å²) < 4.78 is 65.7. The van der Waals surface area contributed by atoms with Gasteiger partial charge >= 0.3 is 0 Å². The van der Waals surface area contributed by atoms with Crippen molar-refractivity contribution in [1.82, 2.24) is 9.78 Å². The summed E-state index contributed by atoms with van der Waals surface area (Å²) in [5.41, 5.74) is 6.29. The zero-order chi connectivity index (χ0) is 23.1. The van der Waals surface area contributed by atoms with Crippen LogP contribution in [0.3, 0.4) is 0 Å². The largest absolute Gasteiger partial charge is 0.382 e. The molecule has 16 heteroatoms. The van der Waals surface area contributed by atoms with Gasteiger partial charge in [-0.2, -0.15) is 21.9 Å². The molecule has 32 heavy (non-hydrogen) atoms. The fourth-order valence-electron chi connectivity index (χ4n) is 2.54. The maximum atomic E-state index is 11.6. The summed E-state index contributed by atoms with van der Waals surface area (Å²) in [6, 6.07) is 7.23. The number of rotatable bonds is 5. The Hall–Kier alpha value is -1.29. The first-order valence-electron chi connectivity index (χ1n) is 8.10. The third kappa shape index (κ3) is 5.79. The summed E-state index contributed by atoms with van der Waals surface area (Å²) in [4.78, 5) is -0.982. The van der Waals surface area contributed by atoms with Gasteiger partial charge in [-0.3, -0.25) is 9.11 Å². The molecule has 166 valence electrons. The van der Waals surface area contributed by atoms with Crippen molar-refractivity contribution in [2.45, 2.75) is 16.7 Å². The van der Waals surface area contributed by atoms with Crippen LogP contribution in [0, 0.1) is 6.92 Å². The van der Waals surface area contributed by atoms with Gasteiger partial charge < -0.3 is 5.73 Å². The van der Waals surface area contributed by atoms with E-state index >= 15 is 0 Å². The molecule has 3 rings (SSSR count). The second kappa shape index (κ2) is 9.91. The Bertz CT molecular complexity index is 1440. The summed E-state index contributed by atoms with van der Waals surface area (Å²) in [6.07, 6.45) is 0. The Morgan fingerprint density at radius 3 is 2.22 bits per heavy atom. The van der Waals surface area contributed by atoms with Crippen molar-refractivity contribution in [3.63, 3.8) is 0 Å². The number of hydrogen-bond acceptors (Lipinski definition) is 8. The van der Waals surface area contributed by atoms with Gasteiger partial charge in [0, 0.05) is 37.7 Å². The smallest absolute Gasteiger partial charge is 0.296 e. The van der Waals surface area contributed by atoms with Crippen LogP contribution in [0.15, 0.2) is 56.4 Å². The molecule has 0 aliphatic heterocycles. The second-order valence-corrected chi connectivity index (χ2v) is 9.74. The summed E-state index contributed by atoms with van der Waals surface area (Å²) in [7, 11) is -9.13. The zero-order valence-corrected chi connectivity index (χ0v) is 21.5. The average molecular weight is 546 g/mol. The number of nitrogens with zero attached hydrogens (tertiary/aromatic N) is 4. The van der Waals surface area contributed by atoms with E-state index in [0.29, 0.717) is 0 Å². The van der Waals surface area contributed by atoms with Gasteiger partial charge in [-0.15, -0.1) is 10.2 Å². The Morgan fingerprint density at radius 2 is 1.62 bits per heavy atom. The van der Waals surface area contributed by atoms with E-state index in [1.54, 1.807) is 0 Å². The minimum atomic E-state index is -4.68. The van der Waals surface area contributed by atoms with Gasteiger partial charge in [-0.1, -0.05) is 29.3 Å². The first-order valence-corrected chi connectivity index (χ1v) is 11.7. The minimum Gasteiger partial charge on any atom is -0.382 e. The van der Waals surface area contributed by atoms with Crippen molar-refractivity contribution < 1.29 is 25.9 Å². The number of aromatic nitrogens is 2. The fraction of sp³-hybridized carbons (Fsp3) is 0.0625. The molecule has 0 spiro atoms. The van der Waals surface area contributed by atoms with Gasteiger partial charge in [-0.25, -0.2) is 4.68 Å². The monoisotopic (exact) mass is 545 g/mol. The Kier molecular flexibility index (Phi) is 8.35. The number of azo groups is 1. The molecule has 0 amide bonds. The van der Waals surface area contributed by atoms with E-state index in [-0.39, 0.29) is 81.3 Å². The molecule has 0 aliphatic carbocycles. The van der Waals surface area contributed by atoms with E-state index < -0.39 is 25.1 Å². The normalized spacial score (nSPS) is 12.2. The molecule has 2 aromatic carbocycles. The summed E-state index contributed by atoms with van der Waals surface area (Å²) in [6.45, 7) is 1.53. The maximum absolute atomic E-state index is 11.6. The van der Waals surface area contributed by atoms with Gasteiger partial charge in [0.25, 0.3) is 20.2 Å². The van der Waals surface area contributed by atoms with E-state index in [0.717, 1.165) is 22.9 Å². The maximum Gasteiger partial charge on any atom is 0.296 e. The van der Waals surface area contributed by atoms with E-state index in [4.69, 9.17) is 28.9 Å². The van der Waals surface area contributed by atoms with Crippen LogP contribution >= 0.6 is 23.2 Å². The number of anilines is 1. The van der Waals surface area contributed by atoms with Crippen LogP contribution in [0.2, 0.25) is 10.0 Å². The summed E-state index contributed by atoms with van der Waals surface area (Å²) in [5, 5.41) is 11.7. The Balaban J connectivity index is 0.00000363. The predicted octanol–water partition coefficient (Wildman–Crippen LogP) is 3.60. The molecule has 3 aromatic rings. The molecule has 0 saturated carbocycles. The predicted molar refractivity (Wildman–Crippen MR) is 119 cm³/mol. The standard InChI is InChI=1S/C16H13Cl2N5O6S2.Ca/c1-8-15(21-20-13-6-11(17)12(18)7-14(13)31(27,28)29)16(19)23(22-8)9-3-2-4-10(5-9)30(24,25)26;/h2-7H,19H2,1H3,(H,24,25,26)(H,27,28,29);. The summed E-state index contributed by atoms with van der Waals surface area (Å²) in [5.74, 6) is -0.0535. The number of nitrogen functional groups attached to an aromatic ring is 1. The SMILES string of the molecule is Cc1nn(-c2cccc(S(=O)(=O)O)c2)c(N)c1N=Nc1cc(Cl)c(Cl)cc1S(=O)(=O)O.[Ca]. The van der Waals surface area contributed by atoms with E-state index in [2.05, 4.69) is 15.3 Å². The van der Waals surface area contributed by atoms with E-state index in [9.17, 15) is 25.9 Å². The molecule has 0 fully saturated rings. The van der Waals surface area contributed by atoms with Crippen LogP contribution in [0.5, 0.6) is 0 Å². The molecule has 0 unspecified atom stereocenters. The number of halogens is 2. The van der Waals surface area contributed by atoms with Gasteiger partial charge in [0.1, 0.15) is 10.6 Å². The van der Waals surface area contributed by atoms with Crippen LogP contribution in [-0.4, -0.2) is 73.5 Å². The van der Waals surface area contributed by atoms with Crippen LogP contribution in [-0.2, 0) is 20.2 Å². The van der Waals surface area contributed by atoms with Crippen LogP contribution in [0.1, 0.15) is 5.69 Å². The molecule has 11 nitrogen and oxygen atoms in total. The minimum absolute atomic E-state index is 0. The quantitative estimate of drug-likeness (QED) is 0.247. The van der Waals surface area contributed by atoms with Crippen LogP contribution in [0.25, 0.3) is 5.69 Å². The molecule has 0 aliphatic rings. The van der Waals surface area contributed by atoms with Crippen molar-refractivity contribution in [3.8, 4) is 5.69 Å². The van der Waals surface area contributed by atoms with Crippen molar-refractivity contribution in [2.24, 2.45) is 10.2 Å². The molecular weight excluding hydrogens is 533 g/mol. The fourth-order valence-corrected chi connectivity index (χ4v) is 4.08. The van der Waals surface area contributed by atoms with Crippen molar-refractivity contribution >= 4 is 98.4 Å². The molecular formula is C16H13CaCl2N5O6S2. The molecule has 4 N–H and O–H groups in total. The van der Waals surface area contributed by atoms with Crippen LogP contribution in [0.4, 0.5) is 17.2 Å². The van der Waals surface area contributed by atoms with Crippen molar-refractivity contribution in [2.75, 3.05) is 5.73 Å². The Labute approximate surface area is 222 Å². The van der Waals surface area contributed by atoms with E-state index in [1.807, 2.05) is 0 Å². The van der Waals surface area contributed by atoms with Crippen molar-refractivity contribution in [1.29, 1.82) is 0 Å². The topological polar surface area (TPSA) is 177 Å². The second-order valence-electron chi connectivity index (χ2n) is 6.11. The molecule has 2 radical (unpaired) electrons. The van der Waals surface area contributed by atoms with Gasteiger partial charge in [0.05, 0.1) is 26.3 Å². The van der Waals surface area contributed by atoms with Crippen molar-refractivity contribution in [3.05, 3.63) is 52.1 Å². The van der Waals surface area contributed by atoms with Crippen LogP contribution < -0.4 is 5.73 Å². The third-order valence-electron chi connectivity index (χ3n) is 3.96. The number of benzene rings is 2.